The Hall–Kier alpha value is -2.98. The average molecular weight is 662 g/mol. The number of rotatable bonds is 6. The Labute approximate surface area is 237 Å². The number of fused-ring (bicyclic) bond motifs is 1. The average Bonchev–Trinajstić information content (AvgIpc) is 3.40. The first-order valence-electron chi connectivity index (χ1n) is 11.0. The van der Waals surface area contributed by atoms with Crippen molar-refractivity contribution in [3.63, 3.8) is 0 Å². The summed E-state index contributed by atoms with van der Waals surface area (Å²) in [5, 5.41) is 1.12. The molecule has 0 bridgehead atoms. The van der Waals surface area contributed by atoms with Crippen LogP contribution in [-0.4, -0.2) is 24.4 Å². The van der Waals surface area contributed by atoms with Crippen LogP contribution in [0.1, 0.15) is 27.7 Å². The lowest BCUT2D eigenvalue weighted by Gasteiger charge is -2.11. The molecular weight excluding hydrogens is 646 g/mol. The zero-order chi connectivity index (χ0) is 26.1. The molecule has 5 rings (SSSR count). The molecule has 186 valence electrons. The summed E-state index contributed by atoms with van der Waals surface area (Å²) in [5.41, 5.74) is 1.46. The fourth-order valence-corrected chi connectivity index (χ4v) is 5.77. The predicted octanol–water partition coefficient (Wildman–Crippen LogP) is 8.04. The summed E-state index contributed by atoms with van der Waals surface area (Å²) in [6, 6.07) is 17.9. The van der Waals surface area contributed by atoms with Crippen LogP contribution in [0.5, 0.6) is 11.5 Å². The maximum atomic E-state index is 13.0. The van der Waals surface area contributed by atoms with Crippen molar-refractivity contribution in [2.75, 3.05) is 6.61 Å². The SMILES string of the molecule is CCOc1cc(/C=C2/N=C(c3ccc(Br)cc3)OC2=O)ccc1OC(=O)c1sc2cc(Br)ccc2c1Cl. The monoisotopic (exact) mass is 659 g/mol. The molecule has 0 radical (unpaired) electrons. The van der Waals surface area contributed by atoms with Crippen molar-refractivity contribution < 1.29 is 23.8 Å². The van der Waals surface area contributed by atoms with E-state index in [-0.39, 0.29) is 17.3 Å². The van der Waals surface area contributed by atoms with Crippen LogP contribution in [0.15, 0.2) is 80.3 Å². The summed E-state index contributed by atoms with van der Waals surface area (Å²) in [6.45, 7) is 2.16. The van der Waals surface area contributed by atoms with E-state index in [0.717, 1.165) is 19.0 Å². The predicted molar refractivity (Wildman–Crippen MR) is 152 cm³/mol. The maximum Gasteiger partial charge on any atom is 0.363 e. The van der Waals surface area contributed by atoms with Crippen LogP contribution in [0.25, 0.3) is 16.2 Å². The lowest BCUT2D eigenvalue weighted by atomic mass is 10.1. The summed E-state index contributed by atoms with van der Waals surface area (Å²) >= 11 is 14.5. The van der Waals surface area contributed by atoms with Crippen LogP contribution in [0.2, 0.25) is 5.02 Å². The van der Waals surface area contributed by atoms with Crippen molar-refractivity contribution in [2.45, 2.75) is 6.92 Å². The number of benzene rings is 3. The first-order valence-corrected chi connectivity index (χ1v) is 13.8. The van der Waals surface area contributed by atoms with Crippen molar-refractivity contribution >= 4 is 88.8 Å². The van der Waals surface area contributed by atoms with Crippen LogP contribution >= 0.6 is 54.8 Å². The summed E-state index contributed by atoms with van der Waals surface area (Å²) in [5.74, 6) is -0.341. The van der Waals surface area contributed by atoms with Crippen LogP contribution in [0, 0.1) is 0 Å². The zero-order valence-electron chi connectivity index (χ0n) is 19.1. The summed E-state index contributed by atoms with van der Waals surface area (Å²) in [6.07, 6.45) is 1.59. The van der Waals surface area contributed by atoms with Gasteiger partial charge in [0.15, 0.2) is 17.2 Å². The number of cyclic esters (lactones) is 1. The topological polar surface area (TPSA) is 74.2 Å². The van der Waals surface area contributed by atoms with E-state index in [0.29, 0.717) is 33.4 Å². The highest BCUT2D eigenvalue weighted by Gasteiger charge is 2.25. The fourth-order valence-electron chi connectivity index (χ4n) is 3.57. The van der Waals surface area contributed by atoms with Gasteiger partial charge < -0.3 is 14.2 Å². The smallest absolute Gasteiger partial charge is 0.363 e. The Kier molecular flexibility index (Phi) is 7.48. The highest BCUT2D eigenvalue weighted by atomic mass is 79.9. The van der Waals surface area contributed by atoms with Gasteiger partial charge in [-0.05, 0) is 67.1 Å². The molecule has 1 aliphatic rings. The van der Waals surface area contributed by atoms with Gasteiger partial charge in [-0.2, -0.15) is 0 Å². The van der Waals surface area contributed by atoms with E-state index in [1.165, 1.54) is 11.3 Å². The molecule has 0 unspecified atom stereocenters. The Morgan fingerprint density at radius 1 is 1.05 bits per heavy atom. The number of nitrogens with zero attached hydrogens (tertiary/aromatic N) is 1. The summed E-state index contributed by atoms with van der Waals surface area (Å²) in [7, 11) is 0. The molecule has 2 heterocycles. The van der Waals surface area contributed by atoms with Crippen LogP contribution in [-0.2, 0) is 9.53 Å². The molecule has 1 aliphatic heterocycles. The first kappa shape index (κ1) is 25.7. The van der Waals surface area contributed by atoms with Crippen molar-refractivity contribution in [3.05, 3.63) is 96.3 Å². The number of hydrogen-bond donors (Lipinski definition) is 0. The number of esters is 2. The van der Waals surface area contributed by atoms with Gasteiger partial charge >= 0.3 is 11.9 Å². The van der Waals surface area contributed by atoms with E-state index in [1.807, 2.05) is 37.3 Å². The fraction of sp³-hybridized carbons (Fsp3) is 0.0741. The van der Waals surface area contributed by atoms with E-state index in [1.54, 1.807) is 36.4 Å². The molecule has 0 N–H and O–H groups in total. The molecule has 37 heavy (non-hydrogen) atoms. The highest BCUT2D eigenvalue weighted by molar-refractivity contribution is 9.10. The van der Waals surface area contributed by atoms with Crippen molar-refractivity contribution in [3.8, 4) is 11.5 Å². The Balaban J connectivity index is 1.41. The zero-order valence-corrected chi connectivity index (χ0v) is 23.8. The number of halogens is 3. The molecule has 0 amide bonds. The highest BCUT2D eigenvalue weighted by Crippen LogP contribution is 2.38. The third kappa shape index (κ3) is 5.50. The van der Waals surface area contributed by atoms with E-state index in [9.17, 15) is 9.59 Å². The van der Waals surface area contributed by atoms with E-state index in [2.05, 4.69) is 36.9 Å². The van der Waals surface area contributed by atoms with Gasteiger partial charge in [-0.1, -0.05) is 55.6 Å². The van der Waals surface area contributed by atoms with Gasteiger partial charge in [-0.3, -0.25) is 0 Å². The molecule has 0 fully saturated rings. The van der Waals surface area contributed by atoms with Crippen molar-refractivity contribution in [1.29, 1.82) is 0 Å². The minimum absolute atomic E-state index is 0.147. The molecule has 0 atom stereocenters. The third-order valence-corrected chi connectivity index (χ3v) is 7.92. The first-order chi connectivity index (χ1) is 17.8. The van der Waals surface area contributed by atoms with Gasteiger partial charge in [0, 0.05) is 24.6 Å². The van der Waals surface area contributed by atoms with Crippen molar-refractivity contribution in [1.82, 2.24) is 0 Å². The Morgan fingerprint density at radius 2 is 1.81 bits per heavy atom. The van der Waals surface area contributed by atoms with Gasteiger partial charge in [-0.25, -0.2) is 14.6 Å². The molecule has 6 nitrogen and oxygen atoms in total. The molecule has 10 heteroatoms. The second kappa shape index (κ2) is 10.8. The van der Waals surface area contributed by atoms with E-state index < -0.39 is 11.9 Å². The number of aliphatic imine (C=N–C) groups is 1. The minimum Gasteiger partial charge on any atom is -0.490 e. The maximum absolute atomic E-state index is 13.0. The number of thiophene rings is 1. The number of ether oxygens (including phenoxy) is 3. The quantitative estimate of drug-likeness (QED) is 0.119. The van der Waals surface area contributed by atoms with Crippen LogP contribution in [0.3, 0.4) is 0 Å². The summed E-state index contributed by atoms with van der Waals surface area (Å²) in [4.78, 5) is 30.0. The normalized spacial score (nSPS) is 14.1. The van der Waals surface area contributed by atoms with Gasteiger partial charge in [-0.15, -0.1) is 11.3 Å². The van der Waals surface area contributed by atoms with Gasteiger partial charge in [0.1, 0.15) is 4.88 Å². The molecule has 0 aliphatic carbocycles. The standard InChI is InChI=1S/C27H16Br2ClNO5S/c1-2-34-21-12-14(11-19-26(32)36-25(31-19)15-4-6-16(28)7-5-15)3-10-20(21)35-27(33)24-23(30)18-9-8-17(29)13-22(18)37-24/h3-13H,2H2,1H3/b19-11+. The van der Waals surface area contributed by atoms with Crippen LogP contribution < -0.4 is 9.47 Å². The number of carbonyl (C=O) groups excluding carboxylic acids is 2. The van der Waals surface area contributed by atoms with E-state index >= 15 is 0 Å². The number of hydrogen-bond acceptors (Lipinski definition) is 7. The summed E-state index contributed by atoms with van der Waals surface area (Å²) < 4.78 is 19.4. The largest absolute Gasteiger partial charge is 0.490 e. The molecule has 1 aromatic heterocycles. The molecule has 4 aromatic rings. The second-order valence-corrected chi connectivity index (χ2v) is 11.0. The van der Waals surface area contributed by atoms with Gasteiger partial charge in [0.25, 0.3) is 0 Å². The van der Waals surface area contributed by atoms with Gasteiger partial charge in [0.05, 0.1) is 11.6 Å². The van der Waals surface area contributed by atoms with Gasteiger partial charge in [0.2, 0.25) is 5.90 Å². The lowest BCUT2D eigenvalue weighted by molar-refractivity contribution is -0.129. The third-order valence-electron chi connectivity index (χ3n) is 5.26. The lowest BCUT2D eigenvalue weighted by Crippen LogP contribution is -2.08. The molecule has 0 spiro atoms. The minimum atomic E-state index is -0.586. The van der Waals surface area contributed by atoms with E-state index in [4.69, 9.17) is 25.8 Å². The molecule has 0 saturated carbocycles. The Bertz CT molecular complexity index is 1610. The molecule has 0 saturated heterocycles. The van der Waals surface area contributed by atoms with Crippen LogP contribution in [0.4, 0.5) is 0 Å². The molecular formula is C27H16Br2ClNO5S. The van der Waals surface area contributed by atoms with Crippen molar-refractivity contribution in [2.24, 2.45) is 4.99 Å². The number of carbonyl (C=O) groups is 2. The molecule has 3 aromatic carbocycles. The second-order valence-electron chi connectivity index (χ2n) is 7.76. The Morgan fingerprint density at radius 3 is 2.57 bits per heavy atom.